The van der Waals surface area contributed by atoms with Crippen molar-refractivity contribution in [1.29, 1.82) is 0 Å². The molecule has 2 bridgehead atoms. The molecule has 2 heterocycles. The molecule has 2 aromatic rings. The molecule has 3 saturated carbocycles. The van der Waals surface area contributed by atoms with Crippen molar-refractivity contribution >= 4 is 30.7 Å². The van der Waals surface area contributed by atoms with E-state index in [1.54, 1.807) is 38.1 Å². The van der Waals surface area contributed by atoms with Crippen LogP contribution in [-0.2, 0) is 35.8 Å². The van der Waals surface area contributed by atoms with Crippen LogP contribution in [0, 0.1) is 23.2 Å². The molecule has 4 fully saturated rings. The fraction of sp³-hybridized carbons (Fsp3) is 0.568. The van der Waals surface area contributed by atoms with Crippen molar-refractivity contribution in [3.63, 3.8) is 0 Å². The van der Waals surface area contributed by atoms with Crippen LogP contribution in [0.5, 0.6) is 0 Å². The molecule has 53 heavy (non-hydrogen) atoms. The first kappa shape index (κ1) is 38.4. The van der Waals surface area contributed by atoms with E-state index < -0.39 is 72.2 Å². The van der Waals surface area contributed by atoms with Gasteiger partial charge in [0.05, 0.1) is 18.1 Å². The average molecular weight is 739 g/mol. The second-order valence-electron chi connectivity index (χ2n) is 15.8. The number of benzene rings is 2. The molecular weight excluding hydrogens is 692 g/mol. The minimum atomic E-state index is -4.71. The Hall–Kier alpha value is -4.31. The summed E-state index contributed by atoms with van der Waals surface area (Å²) in [5.41, 5.74) is -2.33. The van der Waals surface area contributed by atoms with Gasteiger partial charge in [-0.15, -0.1) is 10.2 Å². The minimum Gasteiger partial charge on any atom is -0.404 e. The summed E-state index contributed by atoms with van der Waals surface area (Å²) in [5, 5.41) is 17.2. The average Bonchev–Trinajstić information content (AvgIpc) is 3.86. The zero-order valence-electron chi connectivity index (χ0n) is 30.6. The summed E-state index contributed by atoms with van der Waals surface area (Å²) >= 11 is 0. The lowest BCUT2D eigenvalue weighted by molar-refractivity contribution is -0.199. The van der Waals surface area contributed by atoms with Gasteiger partial charge in [-0.3, -0.25) is 19.2 Å². The van der Waals surface area contributed by atoms with Crippen LogP contribution in [0.25, 0.3) is 0 Å². The molecule has 4 N–H and O–H groups in total. The first-order chi connectivity index (χ1) is 24.9. The molecule has 5 aliphatic rings. The van der Waals surface area contributed by atoms with Crippen LogP contribution in [-0.4, -0.2) is 73.2 Å². The van der Waals surface area contributed by atoms with Gasteiger partial charge in [-0.05, 0) is 67.6 Å². The predicted molar refractivity (Wildman–Crippen MR) is 188 cm³/mol. The van der Waals surface area contributed by atoms with Gasteiger partial charge in [-0.1, -0.05) is 70.2 Å². The monoisotopic (exact) mass is 738 g/mol. The maximum absolute atomic E-state index is 13.7. The van der Waals surface area contributed by atoms with E-state index in [2.05, 4.69) is 52.3 Å². The molecular formula is C37H46BF3N6O6. The third-order valence-corrected chi connectivity index (χ3v) is 11.6. The van der Waals surface area contributed by atoms with E-state index in [1.807, 2.05) is 6.07 Å². The van der Waals surface area contributed by atoms with Gasteiger partial charge in [0, 0.05) is 17.5 Å². The number of hydrogen-bond acceptors (Lipinski definition) is 8. The van der Waals surface area contributed by atoms with Crippen molar-refractivity contribution < 1.29 is 41.7 Å². The quantitative estimate of drug-likeness (QED) is 0.225. The van der Waals surface area contributed by atoms with Crippen molar-refractivity contribution in [3.8, 4) is 0 Å². The van der Waals surface area contributed by atoms with Gasteiger partial charge >= 0.3 is 19.0 Å². The standard InChI is InChI=1S/C37H46BF3N6O6/c1-20(2)29(45-31(49)23-12-14-24(15-13-23)36(46-47-36)37(39,40)41)33(51)44-26(16-22-10-8-7-9-11-22)32(50)43-21(3)30(48)42-19-38-52-28-18-25-17-27(34(25,4)5)35(28,6)53-38/h7-15,20-21,25-29H,16-19H2,1-6H3,(H,42,48)(H,43,50)(H,44,51)(H,45,49). The molecule has 0 spiro atoms. The van der Waals surface area contributed by atoms with E-state index in [0.29, 0.717) is 11.8 Å². The molecule has 1 saturated heterocycles. The largest absolute Gasteiger partial charge is 0.478 e. The summed E-state index contributed by atoms with van der Waals surface area (Å²) < 4.78 is 52.8. The molecule has 284 valence electrons. The highest BCUT2D eigenvalue weighted by Gasteiger charge is 2.68. The predicted octanol–water partition coefficient (Wildman–Crippen LogP) is 4.24. The maximum Gasteiger partial charge on any atom is 0.478 e. The molecule has 2 aliphatic heterocycles. The van der Waals surface area contributed by atoms with Crippen LogP contribution in [0.2, 0.25) is 0 Å². The Morgan fingerprint density at radius 2 is 1.55 bits per heavy atom. The van der Waals surface area contributed by atoms with E-state index in [9.17, 15) is 32.3 Å². The lowest BCUT2D eigenvalue weighted by atomic mass is 9.43. The zero-order valence-corrected chi connectivity index (χ0v) is 30.6. The summed E-state index contributed by atoms with van der Waals surface area (Å²) in [6, 6.07) is 10.4. The highest BCUT2D eigenvalue weighted by Crippen LogP contribution is 2.65. The molecule has 2 aromatic carbocycles. The number of halogens is 3. The summed E-state index contributed by atoms with van der Waals surface area (Å²) in [6.07, 6.45) is -2.53. The van der Waals surface area contributed by atoms with E-state index in [0.717, 1.165) is 30.5 Å². The number of hydrogen-bond donors (Lipinski definition) is 4. The fourth-order valence-electron chi connectivity index (χ4n) is 8.13. The van der Waals surface area contributed by atoms with Gasteiger partial charge in [0.25, 0.3) is 5.91 Å². The van der Waals surface area contributed by atoms with E-state index in [4.69, 9.17) is 9.31 Å². The smallest absolute Gasteiger partial charge is 0.404 e. The van der Waals surface area contributed by atoms with E-state index in [-0.39, 0.29) is 35.5 Å². The Bertz CT molecular complexity index is 1750. The number of carbonyl (C=O) groups is 4. The lowest BCUT2D eigenvalue weighted by Gasteiger charge is -2.64. The number of amides is 4. The number of carbonyl (C=O) groups excluding carboxylic acids is 4. The van der Waals surface area contributed by atoms with Gasteiger partial charge in [-0.2, -0.15) is 13.2 Å². The van der Waals surface area contributed by atoms with E-state index >= 15 is 0 Å². The first-order valence-corrected chi connectivity index (χ1v) is 18.0. The molecule has 4 amide bonds. The summed E-state index contributed by atoms with van der Waals surface area (Å²) in [4.78, 5) is 53.6. The van der Waals surface area contributed by atoms with Crippen molar-refractivity contribution in [2.75, 3.05) is 6.44 Å². The maximum atomic E-state index is 13.7. The van der Waals surface area contributed by atoms with Crippen LogP contribution in [0.15, 0.2) is 64.8 Å². The van der Waals surface area contributed by atoms with Crippen molar-refractivity contribution in [2.45, 2.75) is 102 Å². The van der Waals surface area contributed by atoms with Crippen LogP contribution < -0.4 is 21.3 Å². The zero-order chi connectivity index (χ0) is 38.5. The van der Waals surface area contributed by atoms with Gasteiger partial charge < -0.3 is 30.6 Å². The van der Waals surface area contributed by atoms with Crippen LogP contribution in [0.3, 0.4) is 0 Å². The number of alkyl halides is 3. The SMILES string of the molecule is CC(NC(=O)C(Cc1ccccc1)NC(=O)C(NC(=O)c1ccc(C2(C(F)(F)F)N=N2)cc1)C(C)C)C(=O)NCB1OC2CC3CC(C3(C)C)C2(C)O1. The molecule has 3 aliphatic carbocycles. The van der Waals surface area contributed by atoms with Crippen molar-refractivity contribution in [2.24, 2.45) is 33.4 Å². The second-order valence-corrected chi connectivity index (χ2v) is 15.8. The van der Waals surface area contributed by atoms with Crippen molar-refractivity contribution in [1.82, 2.24) is 21.3 Å². The van der Waals surface area contributed by atoms with E-state index in [1.165, 1.54) is 19.1 Å². The number of rotatable bonds is 13. The summed E-state index contributed by atoms with van der Waals surface area (Å²) in [7, 11) is -0.612. The number of nitrogens with one attached hydrogen (secondary N) is 4. The molecule has 7 unspecified atom stereocenters. The Kier molecular flexibility index (Phi) is 10.3. The van der Waals surface area contributed by atoms with Gasteiger partial charge in [0.1, 0.15) is 18.1 Å². The minimum absolute atomic E-state index is 0.0189. The molecule has 0 radical (unpaired) electrons. The Morgan fingerprint density at radius 1 is 0.887 bits per heavy atom. The Labute approximate surface area is 306 Å². The topological polar surface area (TPSA) is 160 Å². The Balaban J connectivity index is 1.06. The summed E-state index contributed by atoms with van der Waals surface area (Å²) in [5.74, 6) is -1.90. The molecule has 7 atom stereocenters. The summed E-state index contributed by atoms with van der Waals surface area (Å²) in [6.45, 7) is 11.6. The molecule has 0 aromatic heterocycles. The van der Waals surface area contributed by atoms with Gasteiger partial charge in [-0.25, -0.2) is 0 Å². The number of nitrogens with zero attached hydrogens (tertiary/aromatic N) is 2. The van der Waals surface area contributed by atoms with Crippen LogP contribution >= 0.6 is 0 Å². The molecule has 16 heteroatoms. The molecule has 12 nitrogen and oxygen atoms in total. The van der Waals surface area contributed by atoms with Crippen LogP contribution in [0.1, 0.15) is 75.9 Å². The van der Waals surface area contributed by atoms with Gasteiger partial charge in [0.15, 0.2) is 0 Å². The normalized spacial score (nSPS) is 26.4. The van der Waals surface area contributed by atoms with Crippen molar-refractivity contribution in [3.05, 3.63) is 71.3 Å². The second kappa shape index (κ2) is 14.2. The Morgan fingerprint density at radius 3 is 2.13 bits per heavy atom. The molecule has 7 rings (SSSR count). The first-order valence-electron chi connectivity index (χ1n) is 18.0. The third-order valence-electron chi connectivity index (χ3n) is 11.6. The highest BCUT2D eigenvalue weighted by molar-refractivity contribution is 6.46. The lowest BCUT2D eigenvalue weighted by Crippen LogP contribution is -2.65. The third kappa shape index (κ3) is 7.44. The van der Waals surface area contributed by atoms with Crippen LogP contribution in [0.4, 0.5) is 13.2 Å². The highest BCUT2D eigenvalue weighted by atomic mass is 19.4. The fourth-order valence-corrected chi connectivity index (χ4v) is 8.13. The van der Waals surface area contributed by atoms with Gasteiger partial charge in [0.2, 0.25) is 17.7 Å².